The van der Waals surface area contributed by atoms with E-state index in [1.165, 1.54) is 6.26 Å². The molecule has 23 heavy (non-hydrogen) atoms. The quantitative estimate of drug-likeness (QED) is 0.737. The van der Waals surface area contributed by atoms with E-state index in [1.807, 2.05) is 4.90 Å². The Balaban J connectivity index is 0.00000264. The number of carbonyl (C=O) groups excluding carboxylic acids is 1. The SMILES string of the molecule is CS(=O)(=O)NCC1CCCCN1C(=O)CCC1CCNCC1.Cl. The highest BCUT2D eigenvalue weighted by atomic mass is 35.5. The van der Waals surface area contributed by atoms with E-state index in [1.54, 1.807) is 0 Å². The van der Waals surface area contributed by atoms with Crippen LogP contribution in [0.3, 0.4) is 0 Å². The van der Waals surface area contributed by atoms with Gasteiger partial charge in [0.2, 0.25) is 15.9 Å². The first-order valence-corrected chi connectivity index (χ1v) is 10.3. The van der Waals surface area contributed by atoms with Gasteiger partial charge in [-0.2, -0.15) is 0 Å². The number of carbonyl (C=O) groups is 1. The summed E-state index contributed by atoms with van der Waals surface area (Å²) >= 11 is 0. The summed E-state index contributed by atoms with van der Waals surface area (Å²) in [7, 11) is -3.20. The molecule has 136 valence electrons. The first kappa shape index (κ1) is 20.7. The van der Waals surface area contributed by atoms with Crippen molar-refractivity contribution in [1.82, 2.24) is 14.9 Å². The Labute approximate surface area is 146 Å². The van der Waals surface area contributed by atoms with Crippen LogP contribution in [-0.2, 0) is 14.8 Å². The van der Waals surface area contributed by atoms with Gasteiger partial charge in [0, 0.05) is 25.6 Å². The lowest BCUT2D eigenvalue weighted by atomic mass is 9.92. The standard InChI is InChI=1S/C15H29N3O3S.ClH/c1-22(20,21)17-12-14-4-2-3-11-18(14)15(19)6-5-13-7-9-16-10-8-13;/h13-14,16-17H,2-12H2,1H3;1H. The van der Waals surface area contributed by atoms with Crippen LogP contribution in [0.2, 0.25) is 0 Å². The van der Waals surface area contributed by atoms with E-state index in [4.69, 9.17) is 0 Å². The third-order valence-electron chi connectivity index (χ3n) is 4.75. The molecule has 2 rings (SSSR count). The van der Waals surface area contributed by atoms with Crippen molar-refractivity contribution in [2.45, 2.75) is 51.0 Å². The molecule has 2 aliphatic heterocycles. The highest BCUT2D eigenvalue weighted by molar-refractivity contribution is 7.88. The number of rotatable bonds is 6. The van der Waals surface area contributed by atoms with Crippen molar-refractivity contribution in [3.8, 4) is 0 Å². The first-order chi connectivity index (χ1) is 10.5. The monoisotopic (exact) mass is 367 g/mol. The van der Waals surface area contributed by atoms with Gasteiger partial charge in [-0.3, -0.25) is 4.79 Å². The third-order valence-corrected chi connectivity index (χ3v) is 5.44. The maximum Gasteiger partial charge on any atom is 0.222 e. The van der Waals surface area contributed by atoms with Crippen LogP contribution in [0.1, 0.15) is 44.9 Å². The van der Waals surface area contributed by atoms with Crippen molar-refractivity contribution in [3.63, 3.8) is 0 Å². The summed E-state index contributed by atoms with van der Waals surface area (Å²) in [4.78, 5) is 14.4. The Kier molecular flexibility index (Phi) is 8.82. The predicted molar refractivity (Wildman–Crippen MR) is 94.3 cm³/mol. The number of halogens is 1. The second-order valence-corrected chi connectivity index (χ2v) is 8.42. The van der Waals surface area contributed by atoms with Gasteiger partial charge in [-0.05, 0) is 57.5 Å². The zero-order chi connectivity index (χ0) is 16.0. The summed E-state index contributed by atoms with van der Waals surface area (Å²) in [5, 5.41) is 3.34. The van der Waals surface area contributed by atoms with Crippen LogP contribution >= 0.6 is 12.4 Å². The van der Waals surface area contributed by atoms with Gasteiger partial charge in [-0.25, -0.2) is 13.1 Å². The Hall–Kier alpha value is -0.370. The van der Waals surface area contributed by atoms with Gasteiger partial charge in [0.05, 0.1) is 6.26 Å². The van der Waals surface area contributed by atoms with E-state index >= 15 is 0 Å². The van der Waals surface area contributed by atoms with Gasteiger partial charge in [0.25, 0.3) is 0 Å². The van der Waals surface area contributed by atoms with E-state index in [-0.39, 0.29) is 24.4 Å². The van der Waals surface area contributed by atoms with Crippen molar-refractivity contribution in [2.75, 3.05) is 32.4 Å². The van der Waals surface area contributed by atoms with E-state index in [9.17, 15) is 13.2 Å². The smallest absolute Gasteiger partial charge is 0.222 e. The first-order valence-electron chi connectivity index (χ1n) is 8.40. The van der Waals surface area contributed by atoms with E-state index in [0.29, 0.717) is 18.9 Å². The van der Waals surface area contributed by atoms with Crippen LogP contribution in [0, 0.1) is 5.92 Å². The van der Waals surface area contributed by atoms with E-state index in [2.05, 4.69) is 10.0 Å². The fourth-order valence-corrected chi connectivity index (χ4v) is 3.93. The molecule has 0 spiro atoms. The highest BCUT2D eigenvalue weighted by Crippen LogP contribution is 2.22. The molecule has 0 radical (unpaired) electrons. The van der Waals surface area contributed by atoms with Crippen molar-refractivity contribution in [1.29, 1.82) is 0 Å². The maximum atomic E-state index is 12.5. The molecule has 2 fully saturated rings. The highest BCUT2D eigenvalue weighted by Gasteiger charge is 2.27. The molecule has 0 aliphatic carbocycles. The molecule has 8 heteroatoms. The Morgan fingerprint density at radius 3 is 2.57 bits per heavy atom. The lowest BCUT2D eigenvalue weighted by Gasteiger charge is -2.36. The fourth-order valence-electron chi connectivity index (χ4n) is 3.43. The van der Waals surface area contributed by atoms with Gasteiger partial charge >= 0.3 is 0 Å². The number of nitrogens with one attached hydrogen (secondary N) is 2. The second kappa shape index (κ2) is 9.81. The fraction of sp³-hybridized carbons (Fsp3) is 0.933. The number of nitrogens with zero attached hydrogens (tertiary/aromatic N) is 1. The molecule has 0 aromatic rings. The third kappa shape index (κ3) is 7.37. The molecule has 2 aliphatic rings. The minimum absolute atomic E-state index is 0. The van der Waals surface area contributed by atoms with Crippen molar-refractivity contribution in [3.05, 3.63) is 0 Å². The van der Waals surface area contributed by atoms with Crippen molar-refractivity contribution < 1.29 is 13.2 Å². The van der Waals surface area contributed by atoms with Gasteiger partial charge in [0.1, 0.15) is 0 Å². The van der Waals surface area contributed by atoms with E-state index in [0.717, 1.165) is 58.2 Å². The molecule has 1 amide bonds. The number of piperidine rings is 2. The van der Waals surface area contributed by atoms with Gasteiger partial charge < -0.3 is 10.2 Å². The summed E-state index contributed by atoms with van der Waals surface area (Å²) in [5.74, 6) is 0.848. The van der Waals surface area contributed by atoms with Crippen molar-refractivity contribution in [2.24, 2.45) is 5.92 Å². The number of amides is 1. The molecular formula is C15H30ClN3O3S. The second-order valence-electron chi connectivity index (χ2n) is 6.59. The number of hydrogen-bond donors (Lipinski definition) is 2. The normalized spacial score (nSPS) is 23.3. The lowest BCUT2D eigenvalue weighted by Crippen LogP contribution is -2.49. The molecule has 1 atom stereocenters. The molecule has 6 nitrogen and oxygen atoms in total. The zero-order valence-electron chi connectivity index (χ0n) is 13.9. The molecule has 0 saturated carbocycles. The Morgan fingerprint density at radius 2 is 1.91 bits per heavy atom. The molecule has 0 bridgehead atoms. The summed E-state index contributed by atoms with van der Waals surface area (Å²) in [6, 6.07) is 0.0176. The van der Waals surface area contributed by atoms with Crippen LogP contribution in [0.15, 0.2) is 0 Å². The Bertz CT molecular complexity index is 467. The van der Waals surface area contributed by atoms with Gasteiger partial charge in [0.15, 0.2) is 0 Å². The van der Waals surface area contributed by atoms with Gasteiger partial charge in [-0.1, -0.05) is 0 Å². The number of likely N-dealkylation sites (tertiary alicyclic amines) is 1. The van der Waals surface area contributed by atoms with Crippen LogP contribution in [-0.4, -0.2) is 57.7 Å². The van der Waals surface area contributed by atoms with Crippen LogP contribution in [0.5, 0.6) is 0 Å². The molecular weight excluding hydrogens is 338 g/mol. The zero-order valence-corrected chi connectivity index (χ0v) is 15.6. The van der Waals surface area contributed by atoms with Crippen LogP contribution < -0.4 is 10.0 Å². The summed E-state index contributed by atoms with van der Waals surface area (Å²) in [6.45, 7) is 3.23. The molecule has 2 saturated heterocycles. The Morgan fingerprint density at radius 1 is 1.22 bits per heavy atom. The minimum atomic E-state index is -3.20. The average molecular weight is 368 g/mol. The number of sulfonamides is 1. The van der Waals surface area contributed by atoms with Crippen LogP contribution in [0.25, 0.3) is 0 Å². The molecule has 1 unspecified atom stereocenters. The van der Waals surface area contributed by atoms with E-state index < -0.39 is 10.0 Å². The van der Waals surface area contributed by atoms with Crippen molar-refractivity contribution >= 4 is 28.3 Å². The minimum Gasteiger partial charge on any atom is -0.338 e. The lowest BCUT2D eigenvalue weighted by molar-refractivity contribution is -0.135. The maximum absolute atomic E-state index is 12.5. The molecule has 2 heterocycles. The summed E-state index contributed by atoms with van der Waals surface area (Å²) in [6.07, 6.45) is 8.02. The van der Waals surface area contributed by atoms with Crippen LogP contribution in [0.4, 0.5) is 0 Å². The van der Waals surface area contributed by atoms with Gasteiger partial charge in [-0.15, -0.1) is 12.4 Å². The largest absolute Gasteiger partial charge is 0.338 e. The summed E-state index contributed by atoms with van der Waals surface area (Å²) < 4.78 is 25.1. The molecule has 2 N–H and O–H groups in total. The topological polar surface area (TPSA) is 78.5 Å². The predicted octanol–water partition coefficient (Wildman–Crippen LogP) is 1.12. The molecule has 0 aromatic heterocycles. The number of hydrogen-bond acceptors (Lipinski definition) is 4. The summed E-state index contributed by atoms with van der Waals surface area (Å²) in [5.41, 5.74) is 0. The average Bonchev–Trinajstić information content (AvgIpc) is 2.51. The molecule has 0 aromatic carbocycles.